The molecule has 4 nitrogen and oxygen atoms in total. The van der Waals surface area contributed by atoms with Crippen LogP contribution in [0.25, 0.3) is 0 Å². The molecule has 0 spiro atoms. The van der Waals surface area contributed by atoms with Crippen LogP contribution in [0.4, 0.5) is 4.39 Å². The van der Waals surface area contributed by atoms with Crippen molar-refractivity contribution in [1.82, 2.24) is 0 Å². The third-order valence-corrected chi connectivity index (χ3v) is 5.68. The second kappa shape index (κ2) is 8.60. The van der Waals surface area contributed by atoms with Crippen molar-refractivity contribution in [2.24, 2.45) is 11.3 Å². The fourth-order valence-electron chi connectivity index (χ4n) is 3.49. The molecule has 0 radical (unpaired) electrons. The van der Waals surface area contributed by atoms with E-state index in [-0.39, 0.29) is 23.7 Å². The summed E-state index contributed by atoms with van der Waals surface area (Å²) in [7, 11) is 0. The number of benzene rings is 3. The molecule has 0 aromatic heterocycles. The first-order valence-corrected chi connectivity index (χ1v) is 10.3. The van der Waals surface area contributed by atoms with Crippen molar-refractivity contribution in [3.63, 3.8) is 0 Å². The molecule has 3 aromatic carbocycles. The smallest absolute Gasteiger partial charge is 0.313 e. The standard InChI is InChI=1S/C25H22ClFO4/c1-25(2)22(23(25)31-19-10-8-17(26)9-11-19)24(28)29-15-16-14-20(12-13-21(16)27)30-18-6-4-3-5-7-18/h3-14,22-23H,15H2,1-2H3. The molecule has 0 N–H and O–H groups in total. The Hall–Kier alpha value is -3.05. The second-order valence-corrected chi connectivity index (χ2v) is 8.50. The first kappa shape index (κ1) is 21.2. The quantitative estimate of drug-likeness (QED) is 0.398. The minimum atomic E-state index is -0.461. The van der Waals surface area contributed by atoms with Crippen LogP contribution >= 0.6 is 11.6 Å². The molecular formula is C25H22ClFO4. The predicted octanol–water partition coefficient (Wildman–Crippen LogP) is 6.42. The number of carbonyl (C=O) groups is 1. The fraction of sp³-hybridized carbons (Fsp3) is 0.240. The Morgan fingerprint density at radius 1 is 0.968 bits per heavy atom. The molecule has 0 amide bonds. The summed E-state index contributed by atoms with van der Waals surface area (Å²) in [6, 6.07) is 20.5. The van der Waals surface area contributed by atoms with Gasteiger partial charge in [-0.1, -0.05) is 43.6 Å². The molecule has 1 fully saturated rings. The van der Waals surface area contributed by atoms with Gasteiger partial charge in [0.15, 0.2) is 0 Å². The zero-order valence-electron chi connectivity index (χ0n) is 17.2. The van der Waals surface area contributed by atoms with Crippen LogP contribution in [-0.2, 0) is 16.1 Å². The van der Waals surface area contributed by atoms with Crippen molar-refractivity contribution in [3.8, 4) is 17.2 Å². The van der Waals surface area contributed by atoms with Crippen molar-refractivity contribution in [1.29, 1.82) is 0 Å². The van der Waals surface area contributed by atoms with Crippen LogP contribution in [-0.4, -0.2) is 12.1 Å². The third-order valence-electron chi connectivity index (χ3n) is 5.43. The maximum atomic E-state index is 14.2. The second-order valence-electron chi connectivity index (χ2n) is 8.07. The van der Waals surface area contributed by atoms with E-state index >= 15 is 0 Å². The largest absolute Gasteiger partial charge is 0.489 e. The van der Waals surface area contributed by atoms with E-state index in [2.05, 4.69) is 0 Å². The highest BCUT2D eigenvalue weighted by atomic mass is 35.5. The first-order valence-electron chi connectivity index (χ1n) is 9.95. The summed E-state index contributed by atoms with van der Waals surface area (Å²) in [5.41, 5.74) is -0.136. The molecule has 160 valence electrons. The molecule has 1 aliphatic carbocycles. The monoisotopic (exact) mass is 440 g/mol. The van der Waals surface area contributed by atoms with Crippen molar-refractivity contribution < 1.29 is 23.4 Å². The van der Waals surface area contributed by atoms with Crippen LogP contribution in [0.15, 0.2) is 72.8 Å². The molecule has 31 heavy (non-hydrogen) atoms. The Morgan fingerprint density at radius 3 is 2.35 bits per heavy atom. The molecular weight excluding hydrogens is 419 g/mol. The summed E-state index contributed by atoms with van der Waals surface area (Å²) in [4.78, 5) is 12.7. The van der Waals surface area contributed by atoms with E-state index in [1.54, 1.807) is 36.4 Å². The van der Waals surface area contributed by atoms with E-state index in [4.69, 9.17) is 25.8 Å². The molecule has 0 aliphatic heterocycles. The molecule has 4 rings (SSSR count). The lowest BCUT2D eigenvalue weighted by Gasteiger charge is -2.10. The van der Waals surface area contributed by atoms with Gasteiger partial charge in [0.2, 0.25) is 0 Å². The van der Waals surface area contributed by atoms with Gasteiger partial charge in [-0.15, -0.1) is 0 Å². The minimum absolute atomic E-state index is 0.184. The van der Waals surface area contributed by atoms with E-state index in [0.29, 0.717) is 22.3 Å². The zero-order chi connectivity index (χ0) is 22.0. The van der Waals surface area contributed by atoms with Crippen LogP contribution in [0, 0.1) is 17.2 Å². The number of para-hydroxylation sites is 1. The van der Waals surface area contributed by atoms with E-state index in [1.165, 1.54) is 18.2 Å². The van der Waals surface area contributed by atoms with Gasteiger partial charge in [0.05, 0.1) is 0 Å². The van der Waals surface area contributed by atoms with Gasteiger partial charge in [0.25, 0.3) is 0 Å². The van der Waals surface area contributed by atoms with Crippen LogP contribution < -0.4 is 9.47 Å². The maximum Gasteiger partial charge on any atom is 0.313 e. The Balaban J connectivity index is 1.38. The van der Waals surface area contributed by atoms with Gasteiger partial charge in [-0.05, 0) is 54.6 Å². The molecule has 1 saturated carbocycles. The highest BCUT2D eigenvalue weighted by Crippen LogP contribution is 2.54. The van der Waals surface area contributed by atoms with Crippen molar-refractivity contribution in [2.75, 3.05) is 0 Å². The van der Waals surface area contributed by atoms with Gasteiger partial charge in [0, 0.05) is 16.0 Å². The number of esters is 1. The summed E-state index contributed by atoms with van der Waals surface area (Å²) in [5, 5.41) is 0.610. The number of hydrogen-bond donors (Lipinski definition) is 0. The summed E-state index contributed by atoms with van der Waals surface area (Å²) < 4.78 is 31.3. The highest BCUT2D eigenvalue weighted by Gasteiger charge is 2.65. The lowest BCUT2D eigenvalue weighted by atomic mass is 10.1. The molecule has 6 heteroatoms. The summed E-state index contributed by atoms with van der Waals surface area (Å²) in [6.07, 6.45) is -0.321. The lowest BCUT2D eigenvalue weighted by molar-refractivity contribution is -0.147. The van der Waals surface area contributed by atoms with Gasteiger partial charge in [-0.25, -0.2) is 4.39 Å². The summed E-state index contributed by atoms with van der Waals surface area (Å²) in [6.45, 7) is 3.69. The topological polar surface area (TPSA) is 44.8 Å². The number of ether oxygens (including phenoxy) is 3. The Labute approximate surface area is 185 Å². The van der Waals surface area contributed by atoms with E-state index in [0.717, 1.165) is 0 Å². The molecule has 0 saturated heterocycles. The average molecular weight is 441 g/mol. The Bertz CT molecular complexity index is 1070. The molecule has 1 aliphatic rings. The molecule has 0 heterocycles. The molecule has 0 bridgehead atoms. The van der Waals surface area contributed by atoms with E-state index in [1.807, 2.05) is 32.0 Å². The third kappa shape index (κ3) is 4.83. The summed E-state index contributed by atoms with van der Waals surface area (Å²) in [5.74, 6) is 0.424. The van der Waals surface area contributed by atoms with Crippen molar-refractivity contribution in [3.05, 3.63) is 89.2 Å². The Kier molecular flexibility index (Phi) is 5.88. The maximum absolute atomic E-state index is 14.2. The van der Waals surface area contributed by atoms with Crippen molar-refractivity contribution >= 4 is 17.6 Å². The predicted molar refractivity (Wildman–Crippen MR) is 116 cm³/mol. The van der Waals surface area contributed by atoms with Gasteiger partial charge < -0.3 is 14.2 Å². The van der Waals surface area contributed by atoms with Crippen molar-refractivity contribution in [2.45, 2.75) is 26.6 Å². The van der Waals surface area contributed by atoms with Crippen LogP contribution in [0.3, 0.4) is 0 Å². The number of hydrogen-bond acceptors (Lipinski definition) is 4. The molecule has 2 unspecified atom stereocenters. The fourth-order valence-corrected chi connectivity index (χ4v) is 3.61. The van der Waals surface area contributed by atoms with E-state index < -0.39 is 17.7 Å². The van der Waals surface area contributed by atoms with Gasteiger partial charge in [-0.2, -0.15) is 0 Å². The highest BCUT2D eigenvalue weighted by molar-refractivity contribution is 6.30. The zero-order valence-corrected chi connectivity index (χ0v) is 17.9. The van der Waals surface area contributed by atoms with E-state index in [9.17, 15) is 9.18 Å². The number of carbonyl (C=O) groups excluding carboxylic acids is 1. The summed E-state index contributed by atoms with van der Waals surface area (Å²) >= 11 is 5.90. The van der Waals surface area contributed by atoms with Gasteiger partial charge in [0.1, 0.15) is 41.7 Å². The first-order chi connectivity index (χ1) is 14.8. The number of halogens is 2. The van der Waals surface area contributed by atoms with Gasteiger partial charge >= 0.3 is 5.97 Å². The average Bonchev–Trinajstić information content (AvgIpc) is 3.30. The molecule has 2 atom stereocenters. The van der Waals surface area contributed by atoms with Crippen LogP contribution in [0.2, 0.25) is 5.02 Å². The Morgan fingerprint density at radius 2 is 1.65 bits per heavy atom. The number of rotatable bonds is 7. The van der Waals surface area contributed by atoms with Crippen LogP contribution in [0.5, 0.6) is 17.2 Å². The van der Waals surface area contributed by atoms with Crippen LogP contribution in [0.1, 0.15) is 19.4 Å². The minimum Gasteiger partial charge on any atom is -0.489 e. The normalized spacial score (nSPS) is 18.8. The van der Waals surface area contributed by atoms with Gasteiger partial charge in [-0.3, -0.25) is 4.79 Å². The molecule has 3 aromatic rings. The lowest BCUT2D eigenvalue weighted by Crippen LogP contribution is -2.13. The SMILES string of the molecule is CC1(C)C(Oc2ccc(Cl)cc2)C1C(=O)OCc1cc(Oc2ccccc2)ccc1F.